The second-order valence-electron chi connectivity index (χ2n) is 1.34. The lowest BCUT2D eigenvalue weighted by molar-refractivity contribution is 1.43. The molecule has 0 aliphatic rings. The molecular formula is C3H7Cl2ISi. The summed E-state index contributed by atoms with van der Waals surface area (Å²) >= 11 is 13.8. The number of halogens is 3. The summed E-state index contributed by atoms with van der Waals surface area (Å²) in [5.41, 5.74) is 0. The van der Waals surface area contributed by atoms with Gasteiger partial charge in [-0.15, -0.1) is 22.2 Å². The zero-order chi connectivity index (χ0) is 5.91. The molecule has 0 N–H and O–H groups in total. The van der Waals surface area contributed by atoms with Gasteiger partial charge in [-0.25, -0.2) is 0 Å². The lowest BCUT2D eigenvalue weighted by Gasteiger charge is -2.06. The predicted octanol–water partition coefficient (Wildman–Crippen LogP) is 2.90. The minimum atomic E-state index is -1.72. The molecule has 0 aliphatic carbocycles. The molecular weight excluding hydrogens is 262 g/mol. The monoisotopic (exact) mass is 268 g/mol. The minimum Gasteiger partial charge on any atom is -0.145 e. The van der Waals surface area contributed by atoms with Gasteiger partial charge in [0.05, 0.1) is 0 Å². The molecule has 0 rings (SSSR count). The summed E-state index contributed by atoms with van der Waals surface area (Å²) in [6.07, 6.45) is 0. The van der Waals surface area contributed by atoms with Gasteiger partial charge in [-0.2, -0.15) is 0 Å². The highest BCUT2D eigenvalue weighted by atomic mass is 127. The molecule has 0 saturated carbocycles. The Hall–Kier alpha value is 1.53. The molecule has 0 saturated heterocycles. The van der Waals surface area contributed by atoms with Gasteiger partial charge in [0.1, 0.15) is 0 Å². The summed E-state index contributed by atoms with van der Waals surface area (Å²) in [6, 6.07) is 0.957. The number of hydrogen-bond donors (Lipinski definition) is 0. The summed E-state index contributed by atoms with van der Waals surface area (Å²) in [5.74, 6) is 0. The molecule has 0 aromatic heterocycles. The molecule has 44 valence electrons. The molecule has 0 atom stereocenters. The molecule has 0 unspecified atom stereocenters. The molecule has 0 aliphatic heterocycles. The molecule has 0 radical (unpaired) electrons. The second-order valence-corrected chi connectivity index (χ2v) is 11.2. The van der Waals surface area contributed by atoms with Crippen LogP contribution in [-0.4, -0.2) is 10.7 Å². The smallest absolute Gasteiger partial charge is 0.145 e. The van der Waals surface area contributed by atoms with E-state index in [1.54, 1.807) is 0 Å². The summed E-state index contributed by atoms with van der Waals surface area (Å²) < 4.78 is 0.935. The van der Waals surface area contributed by atoms with Crippen molar-refractivity contribution in [3.05, 3.63) is 0 Å². The van der Waals surface area contributed by atoms with E-state index in [9.17, 15) is 0 Å². The van der Waals surface area contributed by atoms with E-state index in [0.717, 1.165) is 10.1 Å². The maximum atomic E-state index is 5.80. The lowest BCUT2D eigenvalue weighted by atomic mass is 11.0. The van der Waals surface area contributed by atoms with Gasteiger partial charge < -0.3 is 0 Å². The highest BCUT2D eigenvalue weighted by Gasteiger charge is 2.22. The molecule has 0 fully saturated rings. The van der Waals surface area contributed by atoms with Gasteiger partial charge in [-0.3, -0.25) is 0 Å². The Kier molecular flexibility index (Phi) is 4.30. The van der Waals surface area contributed by atoms with E-state index in [1.165, 1.54) is 0 Å². The minimum absolute atomic E-state index is 0.935. The van der Waals surface area contributed by atoms with Crippen LogP contribution in [0.3, 0.4) is 0 Å². The zero-order valence-electron chi connectivity index (χ0n) is 4.05. The van der Waals surface area contributed by atoms with Crippen molar-refractivity contribution in [2.45, 2.75) is 13.0 Å². The van der Waals surface area contributed by atoms with Crippen LogP contribution < -0.4 is 0 Å². The molecule has 0 bridgehead atoms. The van der Waals surface area contributed by atoms with Crippen LogP contribution in [-0.2, 0) is 0 Å². The van der Waals surface area contributed by atoms with E-state index in [4.69, 9.17) is 22.2 Å². The normalized spacial score (nSPS) is 12.0. The van der Waals surface area contributed by atoms with Gasteiger partial charge in [-0.1, -0.05) is 29.5 Å². The first-order valence-corrected chi connectivity index (χ1v) is 8.02. The maximum absolute atomic E-state index is 5.80. The van der Waals surface area contributed by atoms with Crippen LogP contribution in [0.25, 0.3) is 0 Å². The van der Waals surface area contributed by atoms with Crippen LogP contribution >= 0.6 is 44.7 Å². The third kappa shape index (κ3) is 4.06. The first-order valence-electron chi connectivity index (χ1n) is 2.06. The fourth-order valence-corrected chi connectivity index (χ4v) is 1.90. The molecule has 0 aromatic rings. The van der Waals surface area contributed by atoms with E-state index in [0.29, 0.717) is 0 Å². The number of alkyl halides is 1. The van der Waals surface area contributed by atoms with Crippen molar-refractivity contribution in [1.82, 2.24) is 0 Å². The molecule has 4 heteroatoms. The van der Waals surface area contributed by atoms with E-state index in [1.807, 2.05) is 6.92 Å². The van der Waals surface area contributed by atoms with Crippen molar-refractivity contribution in [2.24, 2.45) is 0 Å². The fourth-order valence-electron chi connectivity index (χ4n) is 0.0945. The molecule has 0 nitrogen and oxygen atoms in total. The number of rotatable bonds is 2. The summed E-state index contributed by atoms with van der Waals surface area (Å²) in [5, 5.41) is 0. The maximum Gasteiger partial charge on any atom is 0.260 e. The summed E-state index contributed by atoms with van der Waals surface area (Å²) in [6.45, 7) is 0.312. The highest BCUT2D eigenvalue weighted by Crippen LogP contribution is 2.21. The average Bonchev–Trinajstić information content (AvgIpc) is 1.68. The van der Waals surface area contributed by atoms with Crippen molar-refractivity contribution >= 4 is 51.4 Å². The summed E-state index contributed by atoms with van der Waals surface area (Å²) in [7, 11) is 0. The van der Waals surface area contributed by atoms with Crippen LogP contribution in [0.4, 0.5) is 0 Å². The van der Waals surface area contributed by atoms with Gasteiger partial charge in [-0.05, 0) is 6.04 Å². The van der Waals surface area contributed by atoms with E-state index in [-0.39, 0.29) is 0 Å². The van der Waals surface area contributed by atoms with Crippen molar-refractivity contribution in [1.29, 1.82) is 0 Å². The molecule has 0 heterocycles. The van der Waals surface area contributed by atoms with Crippen LogP contribution in [0.1, 0.15) is 6.92 Å². The van der Waals surface area contributed by atoms with Gasteiger partial charge in [0.2, 0.25) is 0 Å². The van der Waals surface area contributed by atoms with Gasteiger partial charge in [0, 0.05) is 4.05 Å². The van der Waals surface area contributed by atoms with Crippen LogP contribution in [0.2, 0.25) is 6.04 Å². The van der Waals surface area contributed by atoms with Gasteiger partial charge in [0.15, 0.2) is 0 Å². The Morgan fingerprint density at radius 2 is 2.00 bits per heavy atom. The Bertz CT molecular complexity index is 50.9. The van der Waals surface area contributed by atoms with Crippen molar-refractivity contribution in [3.63, 3.8) is 0 Å². The van der Waals surface area contributed by atoms with E-state index in [2.05, 4.69) is 22.6 Å². The van der Waals surface area contributed by atoms with Crippen molar-refractivity contribution < 1.29 is 0 Å². The third-order valence-electron chi connectivity index (χ3n) is 0.713. The molecule has 0 amide bonds. The van der Waals surface area contributed by atoms with Crippen molar-refractivity contribution in [3.8, 4) is 0 Å². The van der Waals surface area contributed by atoms with Crippen LogP contribution in [0.5, 0.6) is 0 Å². The molecule has 7 heavy (non-hydrogen) atoms. The van der Waals surface area contributed by atoms with E-state index >= 15 is 0 Å². The molecule has 0 aromatic carbocycles. The van der Waals surface area contributed by atoms with Gasteiger partial charge in [0.25, 0.3) is 6.69 Å². The Morgan fingerprint density at radius 3 is 2.00 bits per heavy atom. The lowest BCUT2D eigenvalue weighted by Crippen LogP contribution is -2.19. The fraction of sp³-hybridized carbons (Fsp3) is 1.00. The Morgan fingerprint density at radius 1 is 1.57 bits per heavy atom. The second kappa shape index (κ2) is 3.53. The third-order valence-corrected chi connectivity index (χ3v) is 11.2. The predicted molar refractivity (Wildman–Crippen MR) is 46.8 cm³/mol. The van der Waals surface area contributed by atoms with Gasteiger partial charge >= 0.3 is 0 Å². The standard InChI is InChI=1S/C3H7Cl2ISi/c1-2-7(4,5)3-6/h2-3H2,1H3. The van der Waals surface area contributed by atoms with E-state index < -0.39 is 6.69 Å². The van der Waals surface area contributed by atoms with Crippen LogP contribution in [0.15, 0.2) is 0 Å². The number of hydrogen-bond acceptors (Lipinski definition) is 0. The Balaban J connectivity index is 3.36. The Labute approximate surface area is 68.1 Å². The summed E-state index contributed by atoms with van der Waals surface area (Å²) in [4.78, 5) is 0. The van der Waals surface area contributed by atoms with Crippen LogP contribution in [0, 0.1) is 0 Å². The average molecular weight is 269 g/mol. The SMILES string of the molecule is CC[Si](Cl)(Cl)CI. The highest BCUT2D eigenvalue weighted by molar-refractivity contribution is 14.1. The first-order chi connectivity index (χ1) is 3.12. The topological polar surface area (TPSA) is 0 Å². The van der Waals surface area contributed by atoms with Crippen molar-refractivity contribution in [2.75, 3.05) is 4.05 Å². The zero-order valence-corrected chi connectivity index (χ0v) is 8.72. The largest absolute Gasteiger partial charge is 0.260 e. The first kappa shape index (κ1) is 8.53. The molecule has 0 spiro atoms. The quantitative estimate of drug-likeness (QED) is 0.313.